The molecule has 0 aromatic carbocycles. The fourth-order valence-electron chi connectivity index (χ4n) is 3.24. The number of allylic oxidation sites excluding steroid dienone is 1. The van der Waals surface area contributed by atoms with Crippen molar-refractivity contribution >= 4 is 44.6 Å². The zero-order valence-electron chi connectivity index (χ0n) is 15.3. The number of thiophene rings is 1. The summed E-state index contributed by atoms with van der Waals surface area (Å²) < 4.78 is 45.5. The lowest BCUT2D eigenvalue weighted by molar-refractivity contribution is 0.482. The van der Waals surface area contributed by atoms with Gasteiger partial charge in [0.1, 0.15) is 17.1 Å². The van der Waals surface area contributed by atoms with Crippen LogP contribution in [0, 0.1) is 0 Å². The van der Waals surface area contributed by atoms with Crippen LogP contribution in [0.5, 0.6) is 0 Å². The van der Waals surface area contributed by atoms with Gasteiger partial charge >= 0.3 is 0 Å². The Kier molecular flexibility index (Phi) is 4.74. The Bertz CT molecular complexity index is 1160. The van der Waals surface area contributed by atoms with Gasteiger partial charge < -0.3 is 10.2 Å². The van der Waals surface area contributed by atoms with E-state index in [9.17, 15) is 12.8 Å². The lowest BCUT2D eigenvalue weighted by atomic mass is 9.96. The summed E-state index contributed by atoms with van der Waals surface area (Å²) in [5, 5.41) is 7.72. The highest BCUT2D eigenvalue weighted by molar-refractivity contribution is 7.89. The number of rotatable bonds is 3. The molecule has 2 aromatic rings. The molecule has 0 radical (unpaired) electrons. The first-order chi connectivity index (χ1) is 13.6. The van der Waals surface area contributed by atoms with Gasteiger partial charge in [0.15, 0.2) is 0 Å². The molecule has 4 heterocycles. The van der Waals surface area contributed by atoms with E-state index < -0.39 is 27.3 Å². The largest absolute Gasteiger partial charge is 0.422 e. The van der Waals surface area contributed by atoms with Crippen molar-refractivity contribution in [2.45, 2.75) is 24.8 Å². The number of hydrogen-bond acceptors (Lipinski definition) is 9. The quantitative estimate of drug-likeness (QED) is 0.752. The third-order valence-electron chi connectivity index (χ3n) is 4.78. The molecule has 0 fully saturated rings. The average molecular weight is 459 g/mol. The summed E-state index contributed by atoms with van der Waals surface area (Å²) >= 11 is 7.63. The summed E-state index contributed by atoms with van der Waals surface area (Å²) in [6.45, 7) is 1.64. The Morgan fingerprint density at radius 2 is 2.24 bits per heavy atom. The number of nitrogens with two attached hydrogens (primary N) is 1. The highest BCUT2D eigenvalue weighted by Gasteiger charge is 2.43. The number of hydrogen-bond donors (Lipinski definition) is 1. The molecule has 2 N–H and O–H groups in total. The van der Waals surface area contributed by atoms with Crippen LogP contribution in [0.3, 0.4) is 0 Å². The maximum Gasteiger partial charge on any atom is 0.261 e. The molecule has 0 saturated carbocycles. The van der Waals surface area contributed by atoms with Crippen molar-refractivity contribution in [3.63, 3.8) is 0 Å². The van der Waals surface area contributed by atoms with Gasteiger partial charge in [0.25, 0.3) is 5.89 Å². The van der Waals surface area contributed by atoms with E-state index in [4.69, 9.17) is 21.8 Å². The van der Waals surface area contributed by atoms with Crippen molar-refractivity contribution in [1.82, 2.24) is 14.5 Å². The van der Waals surface area contributed by atoms with Crippen LogP contribution >= 0.6 is 22.9 Å². The van der Waals surface area contributed by atoms with Crippen molar-refractivity contribution in [3.8, 4) is 0 Å². The van der Waals surface area contributed by atoms with E-state index in [1.807, 2.05) is 0 Å². The van der Waals surface area contributed by atoms with Gasteiger partial charge in [0.05, 0.1) is 27.8 Å². The third kappa shape index (κ3) is 3.45. The molecule has 0 aliphatic carbocycles. The topological polar surface area (TPSA) is 127 Å². The first-order valence-electron chi connectivity index (χ1n) is 8.41. The minimum Gasteiger partial charge on any atom is -0.422 e. The molecule has 1 unspecified atom stereocenters. The molecule has 0 bridgehead atoms. The van der Waals surface area contributed by atoms with Crippen molar-refractivity contribution in [2.24, 2.45) is 15.7 Å². The van der Waals surface area contributed by atoms with E-state index in [2.05, 4.69) is 20.2 Å². The molecule has 2 aromatic heterocycles. The van der Waals surface area contributed by atoms with E-state index in [0.717, 1.165) is 10.5 Å². The minimum atomic E-state index is -3.65. The average Bonchev–Trinajstić information content (AvgIpc) is 3.30. The molecule has 29 heavy (non-hydrogen) atoms. The molecule has 4 rings (SSSR count). The van der Waals surface area contributed by atoms with Crippen LogP contribution in [0.1, 0.15) is 34.9 Å². The maximum absolute atomic E-state index is 14.6. The molecular formula is C16H16ClFN6O3S2. The predicted octanol–water partition coefficient (Wildman–Crippen LogP) is 2.38. The molecule has 154 valence electrons. The van der Waals surface area contributed by atoms with E-state index in [1.54, 1.807) is 13.0 Å². The monoisotopic (exact) mass is 458 g/mol. The van der Waals surface area contributed by atoms with Crippen LogP contribution in [0.25, 0.3) is 0 Å². The van der Waals surface area contributed by atoms with Gasteiger partial charge in [0, 0.05) is 18.3 Å². The number of sulfonamides is 1. The fraction of sp³-hybridized carbons (Fsp3) is 0.375. The normalized spacial score (nSPS) is 26.7. The number of aliphatic imine (C=N–C) groups is 2. The molecule has 0 amide bonds. The number of aromatic nitrogens is 2. The van der Waals surface area contributed by atoms with E-state index in [1.165, 1.54) is 24.8 Å². The second-order valence-corrected chi connectivity index (χ2v) is 10.4. The summed E-state index contributed by atoms with van der Waals surface area (Å²) in [7, 11) is -2.31. The summed E-state index contributed by atoms with van der Waals surface area (Å²) in [5.41, 5.74) is 5.09. The van der Waals surface area contributed by atoms with Gasteiger partial charge in [0.2, 0.25) is 22.4 Å². The van der Waals surface area contributed by atoms with Crippen LogP contribution in [0.2, 0.25) is 5.02 Å². The highest BCUT2D eigenvalue weighted by Crippen LogP contribution is 2.46. The van der Waals surface area contributed by atoms with Crippen LogP contribution < -0.4 is 5.73 Å². The van der Waals surface area contributed by atoms with Crippen molar-refractivity contribution in [1.29, 1.82) is 0 Å². The first-order valence-corrected chi connectivity index (χ1v) is 11.2. The third-order valence-corrected chi connectivity index (χ3v) is 8.64. The molecule has 9 nitrogen and oxygen atoms in total. The second kappa shape index (κ2) is 6.89. The summed E-state index contributed by atoms with van der Waals surface area (Å²) in [4.78, 5) is 9.50. The molecule has 2 aliphatic heterocycles. The lowest BCUT2D eigenvalue weighted by Gasteiger charge is -2.33. The van der Waals surface area contributed by atoms with Gasteiger partial charge in [-0.2, -0.15) is 0 Å². The Morgan fingerprint density at radius 3 is 2.90 bits per heavy atom. The zero-order valence-corrected chi connectivity index (χ0v) is 17.7. The van der Waals surface area contributed by atoms with Gasteiger partial charge in [-0.05, 0) is 13.0 Å². The van der Waals surface area contributed by atoms with Crippen LogP contribution in [0.15, 0.2) is 38.9 Å². The number of nitrogens with zero attached hydrogens (tertiary/aromatic N) is 5. The predicted molar refractivity (Wildman–Crippen MR) is 107 cm³/mol. The van der Waals surface area contributed by atoms with Crippen LogP contribution in [0.4, 0.5) is 4.39 Å². The van der Waals surface area contributed by atoms with Gasteiger partial charge in [-0.3, -0.25) is 4.99 Å². The Hall–Kier alpha value is -2.31. The molecule has 2 atom stereocenters. The minimum absolute atomic E-state index is 0.126. The van der Waals surface area contributed by atoms with Crippen molar-refractivity contribution in [2.75, 3.05) is 12.8 Å². The Morgan fingerprint density at radius 1 is 1.48 bits per heavy atom. The van der Waals surface area contributed by atoms with Gasteiger partial charge in [-0.15, -0.1) is 21.5 Å². The number of halogens is 2. The summed E-state index contributed by atoms with van der Waals surface area (Å²) in [5.74, 6) is -1.30. The standard InChI is InChI=1S/C16H16ClFN6O3S2/c1-16(6-29(25,26)24(2)15(19)22-16)13-9(17)4-12(28-13)8-3-11(20-5-10(8)18)14-23-21-7-27-14/h4-5,7-8H,3,6H2,1-2H3,(H2,19,22)/t8?,16-/m0/s1. The maximum atomic E-state index is 14.6. The Labute approximate surface area is 174 Å². The van der Waals surface area contributed by atoms with E-state index in [0.29, 0.717) is 20.5 Å². The Balaban J connectivity index is 1.71. The van der Waals surface area contributed by atoms with E-state index >= 15 is 0 Å². The van der Waals surface area contributed by atoms with Crippen LogP contribution in [-0.4, -0.2) is 47.4 Å². The second-order valence-electron chi connectivity index (χ2n) is 6.88. The fourth-order valence-corrected chi connectivity index (χ4v) is 6.52. The van der Waals surface area contributed by atoms with Crippen molar-refractivity contribution < 1.29 is 17.2 Å². The first kappa shape index (κ1) is 20.0. The lowest BCUT2D eigenvalue weighted by Crippen LogP contribution is -2.50. The van der Waals surface area contributed by atoms with Gasteiger partial charge in [-0.25, -0.2) is 22.1 Å². The summed E-state index contributed by atoms with van der Waals surface area (Å²) in [6.07, 6.45) is 2.48. The smallest absolute Gasteiger partial charge is 0.261 e. The molecular weight excluding hydrogens is 443 g/mol. The highest BCUT2D eigenvalue weighted by atomic mass is 35.5. The number of guanidine groups is 1. The molecule has 2 aliphatic rings. The van der Waals surface area contributed by atoms with Gasteiger partial charge in [-0.1, -0.05) is 11.6 Å². The zero-order chi connectivity index (χ0) is 21.0. The molecule has 13 heteroatoms. The SMILES string of the molecule is CN1C(N)=N[C@](C)(c2sc(C3CC(c4nnco4)=NC=C3F)cc2Cl)CS1(=O)=O. The van der Waals surface area contributed by atoms with E-state index in [-0.39, 0.29) is 24.0 Å². The molecule has 0 saturated heterocycles. The van der Waals surface area contributed by atoms with Crippen LogP contribution in [-0.2, 0) is 15.6 Å². The van der Waals surface area contributed by atoms with Crippen molar-refractivity contribution in [3.05, 3.63) is 45.2 Å². The molecule has 0 spiro atoms. The summed E-state index contributed by atoms with van der Waals surface area (Å²) in [6, 6.07) is 1.62.